The lowest BCUT2D eigenvalue weighted by Gasteiger charge is -2.00. The van der Waals surface area contributed by atoms with E-state index in [-0.39, 0.29) is 4.77 Å². The second-order valence-corrected chi connectivity index (χ2v) is 5.14. The van der Waals surface area contributed by atoms with Gasteiger partial charge in [0.1, 0.15) is 5.52 Å². The van der Waals surface area contributed by atoms with E-state index in [0.717, 1.165) is 17.1 Å². The predicted molar refractivity (Wildman–Crippen MR) is 87.5 cm³/mol. The maximum absolute atomic E-state index is 10.4. The fraction of sp³-hybridized carbons (Fsp3) is 0. The smallest absolute Gasteiger partial charge is 0.250 e. The molecule has 0 fully saturated rings. The third-order valence-electron chi connectivity index (χ3n) is 3.14. The molecule has 4 aromatic rings. The number of hydrogen-bond donors (Lipinski definition) is 2. The van der Waals surface area contributed by atoms with E-state index >= 15 is 0 Å². The normalized spacial score (nSPS) is 10.3. The first kappa shape index (κ1) is 14.9. The van der Waals surface area contributed by atoms with Gasteiger partial charge in [-0.25, -0.2) is 9.97 Å². The van der Waals surface area contributed by atoms with Crippen LogP contribution in [0.5, 0.6) is 5.88 Å². The van der Waals surface area contributed by atoms with Gasteiger partial charge >= 0.3 is 0 Å². The van der Waals surface area contributed by atoms with Crippen LogP contribution in [0.15, 0.2) is 59.7 Å². The quantitative estimate of drug-likeness (QED) is 0.380. The number of aromatic nitrogens is 4. The van der Waals surface area contributed by atoms with Gasteiger partial charge in [-0.05, 0) is 36.3 Å². The van der Waals surface area contributed by atoms with E-state index in [2.05, 4.69) is 56.4 Å². The van der Waals surface area contributed by atoms with Crippen molar-refractivity contribution in [3.05, 3.63) is 70.0 Å². The van der Waals surface area contributed by atoms with Gasteiger partial charge in [0.25, 0.3) is 5.56 Å². The van der Waals surface area contributed by atoms with Gasteiger partial charge in [0.15, 0.2) is 11.0 Å². The maximum Gasteiger partial charge on any atom is 0.250 e. The standard InChI is InChI=1S/C12H8N2.C4H4N2O2S/c1-3-9-5-6-10-4-2-8-14-12(10)11(9)13-7-1;7-2-1-3(8)6-4(9)5-2/h1-8H;1H,(H3,5,6,7,8,9). The first-order valence-electron chi connectivity index (χ1n) is 6.78. The highest BCUT2D eigenvalue weighted by atomic mass is 32.1. The van der Waals surface area contributed by atoms with E-state index in [1.54, 1.807) is 0 Å². The van der Waals surface area contributed by atoms with Crippen molar-refractivity contribution >= 4 is 34.0 Å². The van der Waals surface area contributed by atoms with Crippen LogP contribution in [0, 0.1) is 4.77 Å². The Morgan fingerprint density at radius 1 is 1.09 bits per heavy atom. The third-order valence-corrected chi connectivity index (χ3v) is 3.35. The lowest BCUT2D eigenvalue weighted by molar-refractivity contribution is -0.343. The minimum atomic E-state index is -0.469. The molecule has 0 radical (unpaired) electrons. The predicted octanol–water partition coefficient (Wildman–Crippen LogP) is 1.71. The molecule has 0 aliphatic rings. The van der Waals surface area contributed by atoms with Crippen molar-refractivity contribution in [1.82, 2.24) is 15.0 Å². The molecular formula is C16H12N4O2S. The molecular weight excluding hydrogens is 312 g/mol. The molecule has 0 aliphatic heterocycles. The highest BCUT2D eigenvalue weighted by molar-refractivity contribution is 7.71. The molecule has 23 heavy (non-hydrogen) atoms. The van der Waals surface area contributed by atoms with Gasteiger partial charge in [0.05, 0.1) is 0 Å². The Hall–Kier alpha value is -3.06. The Morgan fingerprint density at radius 3 is 2.65 bits per heavy atom. The first-order valence-corrected chi connectivity index (χ1v) is 7.19. The van der Waals surface area contributed by atoms with Crippen LogP contribution in [0.2, 0.25) is 0 Å². The van der Waals surface area contributed by atoms with Crippen molar-refractivity contribution in [1.29, 1.82) is 0 Å². The Labute approximate surface area is 135 Å². The zero-order valence-electron chi connectivity index (χ0n) is 11.9. The number of H-pyrrole nitrogens is 3. The molecule has 0 amide bonds. The van der Waals surface area contributed by atoms with Crippen LogP contribution < -0.4 is 15.6 Å². The lowest BCUT2D eigenvalue weighted by Crippen LogP contribution is -2.08. The molecule has 1 aromatic carbocycles. The Kier molecular flexibility index (Phi) is 4.11. The number of rotatable bonds is 0. The number of aromatic amines is 3. The number of hydrogen-bond acceptors (Lipinski definition) is 4. The number of nitrogens with one attached hydrogen (secondary N) is 3. The molecule has 0 aliphatic carbocycles. The van der Waals surface area contributed by atoms with Gasteiger partial charge in [-0.15, -0.1) is 0 Å². The number of pyridine rings is 2. The molecule has 3 aromatic heterocycles. The Bertz CT molecular complexity index is 1010. The molecule has 0 saturated carbocycles. The molecule has 0 bridgehead atoms. The fourth-order valence-electron chi connectivity index (χ4n) is 2.18. The summed E-state index contributed by atoms with van der Waals surface area (Å²) in [7, 11) is 0. The van der Waals surface area contributed by atoms with Gasteiger partial charge in [-0.3, -0.25) is 9.78 Å². The fourth-order valence-corrected chi connectivity index (χ4v) is 2.38. The number of benzene rings is 1. The first-order chi connectivity index (χ1) is 11.1. The summed E-state index contributed by atoms with van der Waals surface area (Å²) in [4.78, 5) is 22.4. The van der Waals surface area contributed by atoms with Gasteiger partial charge in [-0.2, -0.15) is 0 Å². The highest BCUT2D eigenvalue weighted by Crippen LogP contribution is 2.18. The Balaban J connectivity index is 0.000000151. The molecule has 3 heterocycles. The summed E-state index contributed by atoms with van der Waals surface area (Å²) in [5, 5.41) is 12.7. The van der Waals surface area contributed by atoms with Crippen LogP contribution in [0.1, 0.15) is 0 Å². The molecule has 114 valence electrons. The van der Waals surface area contributed by atoms with E-state index in [1.165, 1.54) is 10.8 Å². The van der Waals surface area contributed by atoms with E-state index in [0.29, 0.717) is 0 Å². The second kappa shape index (κ2) is 6.37. The summed E-state index contributed by atoms with van der Waals surface area (Å²) < 4.78 is 0.0625. The van der Waals surface area contributed by atoms with E-state index < -0.39 is 11.4 Å². The van der Waals surface area contributed by atoms with Crippen molar-refractivity contribution in [3.63, 3.8) is 0 Å². The molecule has 4 rings (SSSR count). The SMILES string of the molecule is O=c1cc([O-])[nH]c(=S)[nH]1.c1cnc2c(c1)ccc1ccc[nH+]c12. The van der Waals surface area contributed by atoms with Crippen LogP contribution >= 0.6 is 12.2 Å². The van der Waals surface area contributed by atoms with Crippen LogP contribution in [-0.4, -0.2) is 15.0 Å². The summed E-state index contributed by atoms with van der Waals surface area (Å²) in [6.07, 6.45) is 3.75. The highest BCUT2D eigenvalue weighted by Gasteiger charge is 2.05. The molecule has 0 unspecified atom stereocenters. The second-order valence-electron chi connectivity index (χ2n) is 4.73. The van der Waals surface area contributed by atoms with Crippen molar-refractivity contribution in [2.24, 2.45) is 0 Å². The van der Waals surface area contributed by atoms with E-state index in [1.807, 2.05) is 24.5 Å². The zero-order chi connectivity index (χ0) is 16.2. The monoisotopic (exact) mass is 324 g/mol. The summed E-state index contributed by atoms with van der Waals surface area (Å²) in [5.41, 5.74) is 1.67. The lowest BCUT2D eigenvalue weighted by atomic mass is 10.1. The zero-order valence-corrected chi connectivity index (χ0v) is 12.7. The van der Waals surface area contributed by atoms with Gasteiger partial charge in [0.2, 0.25) is 5.52 Å². The molecule has 0 spiro atoms. The summed E-state index contributed by atoms with van der Waals surface area (Å²) in [5.74, 6) is -0.469. The third kappa shape index (κ3) is 3.41. The molecule has 6 nitrogen and oxygen atoms in total. The molecule has 0 atom stereocenters. The van der Waals surface area contributed by atoms with Crippen LogP contribution in [0.3, 0.4) is 0 Å². The maximum atomic E-state index is 10.4. The van der Waals surface area contributed by atoms with Crippen molar-refractivity contribution in [2.75, 3.05) is 0 Å². The largest absolute Gasteiger partial charge is 0.860 e. The topological polar surface area (TPSA) is 98.7 Å². The Morgan fingerprint density at radius 2 is 1.87 bits per heavy atom. The van der Waals surface area contributed by atoms with Gasteiger partial charge in [-0.1, -0.05) is 12.1 Å². The van der Waals surface area contributed by atoms with E-state index in [4.69, 9.17) is 0 Å². The molecule has 7 heteroatoms. The van der Waals surface area contributed by atoms with Gasteiger partial charge in [0, 0.05) is 29.1 Å². The minimum Gasteiger partial charge on any atom is -0.860 e. The average Bonchev–Trinajstić information content (AvgIpc) is 2.54. The molecule has 3 N–H and O–H groups in total. The van der Waals surface area contributed by atoms with Gasteiger partial charge < -0.3 is 10.1 Å². The average molecular weight is 324 g/mol. The van der Waals surface area contributed by atoms with Crippen molar-refractivity contribution in [2.45, 2.75) is 0 Å². The number of fused-ring (bicyclic) bond motifs is 3. The summed E-state index contributed by atoms with van der Waals surface area (Å²) in [6, 6.07) is 13.2. The summed E-state index contributed by atoms with van der Waals surface area (Å²) in [6.45, 7) is 0. The van der Waals surface area contributed by atoms with Crippen molar-refractivity contribution < 1.29 is 10.1 Å². The van der Waals surface area contributed by atoms with Crippen LogP contribution in [0.25, 0.3) is 21.8 Å². The van der Waals surface area contributed by atoms with Crippen LogP contribution in [-0.2, 0) is 0 Å². The summed E-state index contributed by atoms with van der Waals surface area (Å²) >= 11 is 4.48. The number of nitrogens with zero attached hydrogens (tertiary/aromatic N) is 1. The minimum absolute atomic E-state index is 0.0625. The van der Waals surface area contributed by atoms with E-state index in [9.17, 15) is 9.90 Å². The van der Waals surface area contributed by atoms with Crippen molar-refractivity contribution in [3.8, 4) is 5.88 Å². The van der Waals surface area contributed by atoms with Crippen LogP contribution in [0.4, 0.5) is 0 Å². The molecule has 0 saturated heterocycles.